The number of hydrogen-bond donors (Lipinski definition) is 2. The first-order valence-corrected chi connectivity index (χ1v) is 10.9. The van der Waals surface area contributed by atoms with E-state index in [0.29, 0.717) is 10.6 Å². The highest BCUT2D eigenvalue weighted by molar-refractivity contribution is 7.71. The molecule has 0 bridgehead atoms. The lowest BCUT2D eigenvalue weighted by atomic mass is 9.88. The monoisotopic (exact) mass is 474 g/mol. The van der Waals surface area contributed by atoms with Gasteiger partial charge in [-0.05, 0) is 43.3 Å². The fraction of sp³-hybridized carbons (Fsp3) is 0.375. The summed E-state index contributed by atoms with van der Waals surface area (Å²) < 4.78 is 48.7. The van der Waals surface area contributed by atoms with Crippen LogP contribution in [0.2, 0.25) is 5.02 Å². The molecule has 9 nitrogen and oxygen atoms in total. The summed E-state index contributed by atoms with van der Waals surface area (Å²) in [5, 5.41) is 11.0. The predicted molar refractivity (Wildman–Crippen MR) is 105 cm³/mol. The number of aliphatic hydroxyl groups is 1. The second-order valence-corrected chi connectivity index (χ2v) is 9.05. The van der Waals surface area contributed by atoms with E-state index in [4.69, 9.17) is 50.0 Å². The van der Waals surface area contributed by atoms with Gasteiger partial charge in [-0.1, -0.05) is 11.6 Å². The number of rotatable bonds is 4. The van der Waals surface area contributed by atoms with Crippen LogP contribution in [0.15, 0.2) is 29.2 Å². The van der Waals surface area contributed by atoms with Crippen LogP contribution in [0, 0.1) is 10.6 Å². The maximum absolute atomic E-state index is 13.6. The standard InChI is InChI=1S/C16H14BClFN2O7PS/c17-16(23,28-29(24)25-7-8-5-9(18)1-2-11(8)27-29)12-3-4-13(26-12)21-6-10(19)14(22)20-15(21)30/h1-2,5-6,12-13,23H,3-4,7H2,(H,20,22,30). The number of halogens is 2. The summed E-state index contributed by atoms with van der Waals surface area (Å²) >= 11 is 10.9. The van der Waals surface area contributed by atoms with Gasteiger partial charge in [-0.3, -0.25) is 23.4 Å². The number of aromatic amines is 1. The van der Waals surface area contributed by atoms with Crippen LogP contribution < -0.4 is 10.1 Å². The molecular weight excluding hydrogens is 460 g/mol. The van der Waals surface area contributed by atoms with Gasteiger partial charge in [-0.15, -0.1) is 0 Å². The number of nitrogens with zero attached hydrogens (tertiary/aromatic N) is 1. The summed E-state index contributed by atoms with van der Waals surface area (Å²) in [6.07, 6.45) is -0.733. The third kappa shape index (κ3) is 4.26. The molecule has 0 amide bonds. The van der Waals surface area contributed by atoms with E-state index in [0.717, 1.165) is 6.20 Å². The Morgan fingerprint density at radius 1 is 1.47 bits per heavy atom. The molecule has 14 heteroatoms. The van der Waals surface area contributed by atoms with Crippen molar-refractivity contribution in [2.75, 3.05) is 0 Å². The summed E-state index contributed by atoms with van der Waals surface area (Å²) in [5.74, 6) is -0.841. The van der Waals surface area contributed by atoms with Gasteiger partial charge in [0.05, 0.1) is 12.8 Å². The van der Waals surface area contributed by atoms with Gasteiger partial charge in [-0.25, -0.2) is 4.57 Å². The molecule has 1 aromatic carbocycles. The lowest BCUT2D eigenvalue weighted by molar-refractivity contribution is -0.176. The molecule has 158 valence electrons. The third-order valence-electron chi connectivity index (χ3n) is 4.56. The normalized spacial score (nSPS) is 27.8. The van der Waals surface area contributed by atoms with Gasteiger partial charge in [-0.2, -0.15) is 4.39 Å². The first kappa shape index (κ1) is 21.7. The zero-order valence-electron chi connectivity index (χ0n) is 15.1. The van der Waals surface area contributed by atoms with Crippen molar-refractivity contribution >= 4 is 39.5 Å². The van der Waals surface area contributed by atoms with E-state index in [9.17, 15) is 18.9 Å². The number of fused-ring (bicyclic) bond motifs is 1. The van der Waals surface area contributed by atoms with Crippen molar-refractivity contribution in [3.8, 4) is 5.75 Å². The maximum Gasteiger partial charge on any atom is 0.532 e. The number of phosphoric acid groups is 1. The van der Waals surface area contributed by atoms with E-state index >= 15 is 0 Å². The van der Waals surface area contributed by atoms with Crippen LogP contribution in [-0.2, 0) is 25.0 Å². The average Bonchev–Trinajstić information content (AvgIpc) is 3.15. The zero-order chi connectivity index (χ0) is 21.7. The number of nitrogens with one attached hydrogen (secondary N) is 1. The van der Waals surface area contributed by atoms with E-state index in [1.54, 1.807) is 6.07 Å². The molecule has 2 N–H and O–H groups in total. The third-order valence-corrected chi connectivity index (χ3v) is 6.49. The minimum absolute atomic E-state index is 0.0736. The van der Waals surface area contributed by atoms with Gasteiger partial charge in [0.25, 0.3) is 5.56 Å². The quantitative estimate of drug-likeness (QED) is 0.301. The molecule has 2 aliphatic rings. The summed E-state index contributed by atoms with van der Waals surface area (Å²) in [6, 6.07) is 4.59. The van der Waals surface area contributed by atoms with Crippen molar-refractivity contribution in [2.24, 2.45) is 0 Å². The molecular formula is C16H14BClFN2O7PS. The van der Waals surface area contributed by atoms with Crippen LogP contribution in [0.1, 0.15) is 24.6 Å². The molecule has 0 spiro atoms. The topological polar surface area (TPSA) is 112 Å². The second-order valence-electron chi connectivity index (χ2n) is 6.71. The molecule has 4 atom stereocenters. The Labute approximate surface area is 180 Å². The number of H-pyrrole nitrogens is 1. The summed E-state index contributed by atoms with van der Waals surface area (Å²) in [4.78, 5) is 13.5. The van der Waals surface area contributed by atoms with Crippen molar-refractivity contribution < 1.29 is 32.4 Å². The summed E-state index contributed by atoms with van der Waals surface area (Å²) in [5.41, 5.74) is -2.97. The van der Waals surface area contributed by atoms with Crippen LogP contribution in [0.4, 0.5) is 4.39 Å². The van der Waals surface area contributed by atoms with Crippen molar-refractivity contribution in [1.29, 1.82) is 0 Å². The SMILES string of the molecule is [B]C(O)(OP1(=O)OCc2cc(Cl)ccc2O1)C1CCC(n2cc(F)c(=O)[nH]c2=S)O1. The Kier molecular flexibility index (Phi) is 5.69. The van der Waals surface area contributed by atoms with Crippen LogP contribution in [0.5, 0.6) is 5.75 Å². The average molecular weight is 475 g/mol. The molecule has 4 rings (SSSR count). The minimum Gasteiger partial charge on any atom is -0.404 e. The number of phosphoric ester groups is 1. The van der Waals surface area contributed by atoms with Crippen molar-refractivity contribution in [2.45, 2.75) is 37.5 Å². The van der Waals surface area contributed by atoms with E-state index < -0.39 is 37.2 Å². The lowest BCUT2D eigenvalue weighted by Crippen LogP contribution is -2.45. The smallest absolute Gasteiger partial charge is 0.404 e. The molecule has 1 fully saturated rings. The molecule has 3 heterocycles. The molecule has 1 saturated heterocycles. The van der Waals surface area contributed by atoms with Gasteiger partial charge in [0, 0.05) is 10.6 Å². The fourth-order valence-corrected chi connectivity index (χ4v) is 4.92. The molecule has 4 unspecified atom stereocenters. The summed E-state index contributed by atoms with van der Waals surface area (Å²) in [7, 11) is 1.52. The van der Waals surface area contributed by atoms with E-state index in [-0.39, 0.29) is 30.0 Å². The highest BCUT2D eigenvalue weighted by Crippen LogP contribution is 2.57. The molecule has 1 aromatic heterocycles. The van der Waals surface area contributed by atoms with E-state index in [2.05, 4.69) is 4.98 Å². The van der Waals surface area contributed by atoms with Gasteiger partial charge in [0.2, 0.25) is 5.82 Å². The Morgan fingerprint density at radius 3 is 3.00 bits per heavy atom. The Bertz CT molecular complexity index is 1160. The second kappa shape index (κ2) is 7.87. The number of aromatic nitrogens is 2. The molecule has 0 saturated carbocycles. The molecule has 2 aliphatic heterocycles. The Hall–Kier alpha value is -1.53. The largest absolute Gasteiger partial charge is 0.532 e. The van der Waals surface area contributed by atoms with Gasteiger partial charge >= 0.3 is 7.82 Å². The van der Waals surface area contributed by atoms with E-state index in [1.165, 1.54) is 16.7 Å². The first-order valence-electron chi connectivity index (χ1n) is 8.67. The molecule has 2 radical (unpaired) electrons. The van der Waals surface area contributed by atoms with Gasteiger partial charge in [0.1, 0.15) is 18.1 Å². The first-order chi connectivity index (χ1) is 14.1. The van der Waals surface area contributed by atoms with Crippen LogP contribution in [0.25, 0.3) is 0 Å². The van der Waals surface area contributed by atoms with Crippen LogP contribution in [-0.4, -0.2) is 34.3 Å². The maximum atomic E-state index is 13.6. The minimum atomic E-state index is -4.28. The number of benzene rings is 1. The lowest BCUT2D eigenvalue weighted by Gasteiger charge is -2.34. The number of ether oxygens (including phenoxy) is 1. The fourth-order valence-electron chi connectivity index (χ4n) is 3.13. The Morgan fingerprint density at radius 2 is 2.23 bits per heavy atom. The predicted octanol–water partition coefficient (Wildman–Crippen LogP) is 2.92. The van der Waals surface area contributed by atoms with Gasteiger partial charge < -0.3 is 14.4 Å². The molecule has 2 aromatic rings. The number of hydrogen-bond acceptors (Lipinski definition) is 8. The van der Waals surface area contributed by atoms with Crippen molar-refractivity contribution in [3.05, 3.63) is 55.9 Å². The van der Waals surface area contributed by atoms with Crippen molar-refractivity contribution in [3.63, 3.8) is 0 Å². The van der Waals surface area contributed by atoms with Crippen LogP contribution >= 0.6 is 31.6 Å². The molecule has 30 heavy (non-hydrogen) atoms. The highest BCUT2D eigenvalue weighted by Gasteiger charge is 2.48. The highest BCUT2D eigenvalue weighted by atomic mass is 35.5. The van der Waals surface area contributed by atoms with E-state index in [1.807, 2.05) is 0 Å². The van der Waals surface area contributed by atoms with Crippen LogP contribution in [0.3, 0.4) is 0 Å². The Balaban J connectivity index is 1.49. The van der Waals surface area contributed by atoms with Gasteiger partial charge in [0.15, 0.2) is 18.3 Å². The van der Waals surface area contributed by atoms with Crippen molar-refractivity contribution in [1.82, 2.24) is 9.55 Å². The summed E-state index contributed by atoms with van der Waals surface area (Å²) in [6.45, 7) is -0.136. The molecule has 0 aliphatic carbocycles. The zero-order valence-corrected chi connectivity index (χ0v) is 17.6.